The van der Waals surface area contributed by atoms with Crippen LogP contribution in [0, 0.1) is 11.8 Å². The number of hydrogen-bond donors (Lipinski definition) is 1. The van der Waals surface area contributed by atoms with Crippen LogP contribution in [0.25, 0.3) is 0 Å². The second kappa shape index (κ2) is 6.74. The van der Waals surface area contributed by atoms with Crippen LogP contribution >= 0.6 is 0 Å². The predicted octanol–water partition coefficient (Wildman–Crippen LogP) is 2.42. The van der Waals surface area contributed by atoms with Gasteiger partial charge in [0.1, 0.15) is 0 Å². The third-order valence-corrected chi connectivity index (χ3v) is 4.06. The Labute approximate surface area is 131 Å². The molecule has 3 rings (SSSR count). The SMILES string of the molecule is OC(C#CCN1CCCC1)(c1ccccc1)c1ccncc1. The van der Waals surface area contributed by atoms with Crippen molar-refractivity contribution in [2.24, 2.45) is 0 Å². The Morgan fingerprint density at radius 3 is 2.32 bits per heavy atom. The lowest BCUT2D eigenvalue weighted by Gasteiger charge is -2.23. The lowest BCUT2D eigenvalue weighted by atomic mass is 9.87. The van der Waals surface area contributed by atoms with E-state index in [4.69, 9.17) is 0 Å². The molecule has 0 aliphatic carbocycles. The summed E-state index contributed by atoms with van der Waals surface area (Å²) in [6.07, 6.45) is 5.86. The van der Waals surface area contributed by atoms with Gasteiger partial charge in [-0.05, 0) is 38.1 Å². The number of benzene rings is 1. The van der Waals surface area contributed by atoms with Gasteiger partial charge in [0.15, 0.2) is 5.60 Å². The van der Waals surface area contributed by atoms with Crippen molar-refractivity contribution in [2.75, 3.05) is 19.6 Å². The van der Waals surface area contributed by atoms with E-state index < -0.39 is 5.60 Å². The molecular formula is C19H20N2O. The second-order valence-corrected chi connectivity index (χ2v) is 5.60. The maximum absolute atomic E-state index is 11.2. The first kappa shape index (κ1) is 14.8. The largest absolute Gasteiger partial charge is 0.369 e. The van der Waals surface area contributed by atoms with Crippen molar-refractivity contribution in [1.82, 2.24) is 9.88 Å². The Bertz CT molecular complexity index is 613. The molecule has 1 unspecified atom stereocenters. The fraction of sp³-hybridized carbons (Fsp3) is 0.316. The van der Waals surface area contributed by atoms with E-state index in [1.165, 1.54) is 12.8 Å². The number of likely N-dealkylation sites (tertiary alicyclic amines) is 1. The topological polar surface area (TPSA) is 36.4 Å². The van der Waals surface area contributed by atoms with Crippen LogP contribution in [0.3, 0.4) is 0 Å². The van der Waals surface area contributed by atoms with Gasteiger partial charge < -0.3 is 5.11 Å². The standard InChI is InChI=1S/C19H20N2O/c22-19(17-7-2-1-3-8-17,18-9-12-20-13-10-18)11-6-16-21-14-4-5-15-21/h1-3,7-10,12-13,22H,4-5,14-16H2. The zero-order chi connectivity index (χ0) is 15.3. The highest BCUT2D eigenvalue weighted by molar-refractivity contribution is 5.43. The normalized spacial score (nSPS) is 17.5. The summed E-state index contributed by atoms with van der Waals surface area (Å²) in [5, 5.41) is 11.2. The molecule has 1 saturated heterocycles. The van der Waals surface area contributed by atoms with Gasteiger partial charge in [0.2, 0.25) is 0 Å². The molecule has 0 saturated carbocycles. The average Bonchev–Trinajstić information content (AvgIpc) is 3.10. The summed E-state index contributed by atoms with van der Waals surface area (Å²) in [6.45, 7) is 2.92. The lowest BCUT2D eigenvalue weighted by Crippen LogP contribution is -2.26. The first-order chi connectivity index (χ1) is 10.8. The Kier molecular flexibility index (Phi) is 4.53. The summed E-state index contributed by atoms with van der Waals surface area (Å²) < 4.78 is 0. The number of aliphatic hydroxyl groups is 1. The van der Waals surface area contributed by atoms with E-state index in [-0.39, 0.29) is 0 Å². The predicted molar refractivity (Wildman–Crippen MR) is 87.1 cm³/mol. The molecule has 1 fully saturated rings. The highest BCUT2D eigenvalue weighted by atomic mass is 16.3. The molecule has 3 heteroatoms. The molecule has 112 valence electrons. The van der Waals surface area contributed by atoms with Crippen molar-refractivity contribution in [3.63, 3.8) is 0 Å². The molecule has 0 radical (unpaired) electrons. The molecule has 1 N–H and O–H groups in total. The van der Waals surface area contributed by atoms with Gasteiger partial charge >= 0.3 is 0 Å². The van der Waals surface area contributed by atoms with Gasteiger partial charge in [-0.2, -0.15) is 0 Å². The molecule has 3 nitrogen and oxygen atoms in total. The van der Waals surface area contributed by atoms with Gasteiger partial charge in [-0.15, -0.1) is 0 Å². The van der Waals surface area contributed by atoms with Crippen LogP contribution in [-0.2, 0) is 5.60 Å². The van der Waals surface area contributed by atoms with E-state index in [1.54, 1.807) is 12.4 Å². The van der Waals surface area contributed by atoms with Crippen LogP contribution in [0.15, 0.2) is 54.9 Å². The summed E-state index contributed by atoms with van der Waals surface area (Å²) in [5.74, 6) is 6.26. The monoisotopic (exact) mass is 292 g/mol. The van der Waals surface area contributed by atoms with Crippen molar-refractivity contribution in [3.8, 4) is 11.8 Å². The second-order valence-electron chi connectivity index (χ2n) is 5.60. The minimum atomic E-state index is -1.29. The molecule has 1 aliphatic rings. The van der Waals surface area contributed by atoms with Gasteiger partial charge in [0, 0.05) is 23.5 Å². The first-order valence-corrected chi connectivity index (χ1v) is 7.70. The molecule has 0 bridgehead atoms. The van der Waals surface area contributed by atoms with Gasteiger partial charge in [0.05, 0.1) is 6.54 Å². The van der Waals surface area contributed by atoms with Crippen LogP contribution < -0.4 is 0 Å². The third kappa shape index (κ3) is 3.19. The van der Waals surface area contributed by atoms with Crippen LogP contribution in [-0.4, -0.2) is 34.6 Å². The van der Waals surface area contributed by atoms with E-state index in [0.717, 1.165) is 24.2 Å². The highest BCUT2D eigenvalue weighted by Gasteiger charge is 2.29. The molecule has 2 aromatic rings. The molecule has 0 spiro atoms. The van der Waals surface area contributed by atoms with Crippen molar-refractivity contribution in [2.45, 2.75) is 18.4 Å². The van der Waals surface area contributed by atoms with E-state index in [0.29, 0.717) is 6.54 Å². The van der Waals surface area contributed by atoms with E-state index >= 15 is 0 Å². The summed E-state index contributed by atoms with van der Waals surface area (Å²) in [6, 6.07) is 13.2. The minimum Gasteiger partial charge on any atom is -0.369 e. The fourth-order valence-corrected chi connectivity index (χ4v) is 2.80. The van der Waals surface area contributed by atoms with Gasteiger partial charge in [-0.1, -0.05) is 42.2 Å². The number of nitrogens with zero attached hydrogens (tertiary/aromatic N) is 2. The maximum Gasteiger partial charge on any atom is 0.177 e. The molecule has 2 heterocycles. The van der Waals surface area contributed by atoms with Crippen LogP contribution in [0.5, 0.6) is 0 Å². The summed E-state index contributed by atoms with van der Waals surface area (Å²) in [4.78, 5) is 6.35. The number of hydrogen-bond acceptors (Lipinski definition) is 3. The molecule has 1 aromatic carbocycles. The highest BCUT2D eigenvalue weighted by Crippen LogP contribution is 2.28. The van der Waals surface area contributed by atoms with Crippen molar-refractivity contribution >= 4 is 0 Å². The van der Waals surface area contributed by atoms with Gasteiger partial charge in [-0.25, -0.2) is 0 Å². The summed E-state index contributed by atoms with van der Waals surface area (Å²) in [7, 11) is 0. The maximum atomic E-state index is 11.2. The third-order valence-electron chi connectivity index (χ3n) is 4.06. The Balaban J connectivity index is 1.91. The first-order valence-electron chi connectivity index (χ1n) is 7.70. The molecule has 1 aliphatic heterocycles. The Hall–Kier alpha value is -2.15. The van der Waals surface area contributed by atoms with E-state index in [2.05, 4.69) is 21.7 Å². The van der Waals surface area contributed by atoms with E-state index in [9.17, 15) is 5.11 Å². The quantitative estimate of drug-likeness (QED) is 0.883. The van der Waals surface area contributed by atoms with Crippen molar-refractivity contribution in [1.29, 1.82) is 0 Å². The van der Waals surface area contributed by atoms with E-state index in [1.807, 2.05) is 42.5 Å². The molecule has 22 heavy (non-hydrogen) atoms. The van der Waals surface area contributed by atoms with Gasteiger partial charge in [-0.3, -0.25) is 9.88 Å². The number of aromatic nitrogens is 1. The van der Waals surface area contributed by atoms with Crippen molar-refractivity contribution in [3.05, 3.63) is 66.0 Å². The van der Waals surface area contributed by atoms with Crippen molar-refractivity contribution < 1.29 is 5.11 Å². The molecular weight excluding hydrogens is 272 g/mol. The van der Waals surface area contributed by atoms with Crippen LogP contribution in [0.2, 0.25) is 0 Å². The summed E-state index contributed by atoms with van der Waals surface area (Å²) in [5.41, 5.74) is 0.252. The number of pyridine rings is 1. The Morgan fingerprint density at radius 1 is 1.00 bits per heavy atom. The molecule has 0 amide bonds. The van der Waals surface area contributed by atoms with Gasteiger partial charge in [0.25, 0.3) is 0 Å². The van der Waals surface area contributed by atoms with Crippen LogP contribution in [0.1, 0.15) is 24.0 Å². The summed E-state index contributed by atoms with van der Waals surface area (Å²) >= 11 is 0. The lowest BCUT2D eigenvalue weighted by molar-refractivity contribution is 0.145. The zero-order valence-corrected chi connectivity index (χ0v) is 12.6. The molecule has 1 atom stereocenters. The smallest absolute Gasteiger partial charge is 0.177 e. The molecule has 1 aromatic heterocycles. The van der Waals surface area contributed by atoms with Crippen LogP contribution in [0.4, 0.5) is 0 Å². The number of rotatable bonds is 3. The average molecular weight is 292 g/mol. The Morgan fingerprint density at radius 2 is 1.64 bits per heavy atom. The fourth-order valence-electron chi connectivity index (χ4n) is 2.80. The zero-order valence-electron chi connectivity index (χ0n) is 12.6. The minimum absolute atomic E-state index is 0.709.